The summed E-state index contributed by atoms with van der Waals surface area (Å²) < 4.78 is 5.91. The molecule has 0 aromatic rings. The highest BCUT2D eigenvalue weighted by molar-refractivity contribution is 5.77. The molecule has 0 aliphatic rings. The highest BCUT2D eigenvalue weighted by Gasteiger charge is 2.24. The largest absolute Gasteiger partial charge is 0.462 e. The normalized spacial score (nSPS) is 13.4. The third kappa shape index (κ3) is 46.6. The molecule has 0 saturated heterocycles. The van der Waals surface area contributed by atoms with Crippen LogP contribution >= 0.6 is 0 Å². The van der Waals surface area contributed by atoms with E-state index in [1.54, 1.807) is 0 Å². The number of ether oxygens (including phenoxy) is 1. The van der Waals surface area contributed by atoms with Gasteiger partial charge in [0.05, 0.1) is 25.2 Å². The van der Waals surface area contributed by atoms with Crippen LogP contribution in [0.5, 0.6) is 0 Å². The number of aliphatic hydroxyl groups is 2. The van der Waals surface area contributed by atoms with Crippen LogP contribution in [0.1, 0.15) is 297 Å². The summed E-state index contributed by atoms with van der Waals surface area (Å²) in [5.41, 5.74) is 0. The van der Waals surface area contributed by atoms with E-state index in [9.17, 15) is 19.8 Å². The molecule has 376 valence electrons. The lowest BCUT2D eigenvalue weighted by atomic mass is 10.0. The second-order valence-electron chi connectivity index (χ2n) is 19.3. The Bertz CT molecular complexity index is 1060. The van der Waals surface area contributed by atoms with Crippen LogP contribution < -0.4 is 5.32 Å². The molecular formula is C58H109NO5. The van der Waals surface area contributed by atoms with Gasteiger partial charge in [0.2, 0.25) is 5.91 Å². The Balaban J connectivity index is 4.57. The molecule has 0 aliphatic carbocycles. The number of allylic oxidation sites excluding steroid dienone is 6. The van der Waals surface area contributed by atoms with Crippen molar-refractivity contribution in [3.8, 4) is 0 Å². The number of amides is 1. The molecule has 6 nitrogen and oxygen atoms in total. The highest BCUT2D eigenvalue weighted by Crippen LogP contribution is 2.18. The smallest absolute Gasteiger partial charge is 0.306 e. The first-order valence-corrected chi connectivity index (χ1v) is 28.2. The first kappa shape index (κ1) is 62.1. The topological polar surface area (TPSA) is 95.9 Å². The Morgan fingerprint density at radius 2 is 0.797 bits per heavy atom. The molecule has 0 heterocycles. The summed E-state index contributed by atoms with van der Waals surface area (Å²) in [6.07, 6.45) is 62.2. The van der Waals surface area contributed by atoms with Gasteiger partial charge in [0.25, 0.3) is 0 Å². The number of nitrogens with one attached hydrogen (secondary N) is 1. The van der Waals surface area contributed by atoms with Gasteiger partial charge >= 0.3 is 5.97 Å². The van der Waals surface area contributed by atoms with Gasteiger partial charge in [-0.25, -0.2) is 0 Å². The Labute approximate surface area is 398 Å². The monoisotopic (exact) mass is 900 g/mol. The van der Waals surface area contributed by atoms with Crippen LogP contribution in [-0.2, 0) is 14.3 Å². The van der Waals surface area contributed by atoms with Crippen molar-refractivity contribution in [1.29, 1.82) is 0 Å². The molecule has 0 rings (SSSR count). The van der Waals surface area contributed by atoms with E-state index in [1.807, 2.05) is 0 Å². The van der Waals surface area contributed by atoms with Gasteiger partial charge in [-0.1, -0.05) is 250 Å². The molecular weight excluding hydrogens is 791 g/mol. The Kier molecular flexibility index (Phi) is 50.5. The number of esters is 1. The van der Waals surface area contributed by atoms with Crippen LogP contribution in [0.2, 0.25) is 0 Å². The summed E-state index contributed by atoms with van der Waals surface area (Å²) in [5.74, 6) is -0.551. The standard InChI is InChI=1S/C58H109NO5/c1-4-7-10-13-16-19-22-25-27-28-30-33-35-38-41-44-47-50-56(61)55(53-60)59-57(62)52-54(49-46-43-40-37-34-32-29-26-23-20-17-14-11-8-5-2)64-58(63)51-48-45-42-39-36-31-24-21-18-15-12-9-6-3/h26,29,31,36,42,45,54-56,60-61H,4-25,27-28,30,32-35,37-41,43-44,46-53H2,1-3H3,(H,59,62)/b29-26+,36-31-,45-42+. The van der Waals surface area contributed by atoms with Crippen molar-refractivity contribution < 1.29 is 24.5 Å². The molecule has 0 saturated carbocycles. The summed E-state index contributed by atoms with van der Waals surface area (Å²) in [5, 5.41) is 23.9. The molecule has 3 atom stereocenters. The van der Waals surface area contributed by atoms with Crippen molar-refractivity contribution in [1.82, 2.24) is 5.32 Å². The third-order valence-electron chi connectivity index (χ3n) is 13.0. The zero-order valence-electron chi connectivity index (χ0n) is 42.9. The van der Waals surface area contributed by atoms with Crippen molar-refractivity contribution in [2.75, 3.05) is 6.61 Å². The summed E-state index contributed by atoms with van der Waals surface area (Å²) >= 11 is 0. The van der Waals surface area contributed by atoms with E-state index in [0.717, 1.165) is 57.8 Å². The van der Waals surface area contributed by atoms with E-state index in [0.29, 0.717) is 25.7 Å². The van der Waals surface area contributed by atoms with Crippen LogP contribution in [-0.4, -0.2) is 46.9 Å². The zero-order chi connectivity index (χ0) is 46.7. The van der Waals surface area contributed by atoms with Gasteiger partial charge in [-0.3, -0.25) is 9.59 Å². The van der Waals surface area contributed by atoms with Crippen LogP contribution in [0.3, 0.4) is 0 Å². The zero-order valence-corrected chi connectivity index (χ0v) is 42.9. The predicted octanol–water partition coefficient (Wildman–Crippen LogP) is 17.2. The lowest BCUT2D eigenvalue weighted by molar-refractivity contribution is -0.150. The SMILES string of the molecule is CCCCCCCC/C=C\C/C=C/CCC(=O)OC(CCCCCCC/C=C/CCCCCCCC)CC(=O)NC(CO)C(O)CCCCCCCCCCCCCCCCCCC. The molecule has 0 bridgehead atoms. The number of hydrogen-bond donors (Lipinski definition) is 3. The van der Waals surface area contributed by atoms with Gasteiger partial charge in [-0.2, -0.15) is 0 Å². The minimum absolute atomic E-state index is 0.0523. The van der Waals surface area contributed by atoms with E-state index in [-0.39, 0.29) is 24.9 Å². The van der Waals surface area contributed by atoms with Crippen molar-refractivity contribution in [3.05, 3.63) is 36.5 Å². The summed E-state index contributed by atoms with van der Waals surface area (Å²) in [4.78, 5) is 26.2. The second-order valence-corrected chi connectivity index (χ2v) is 19.3. The van der Waals surface area contributed by atoms with E-state index in [4.69, 9.17) is 4.74 Å². The van der Waals surface area contributed by atoms with Gasteiger partial charge in [0.15, 0.2) is 0 Å². The van der Waals surface area contributed by atoms with Crippen LogP contribution in [0.4, 0.5) is 0 Å². The lowest BCUT2D eigenvalue weighted by Crippen LogP contribution is -2.46. The van der Waals surface area contributed by atoms with E-state index >= 15 is 0 Å². The summed E-state index contributed by atoms with van der Waals surface area (Å²) in [6.45, 7) is 6.48. The Hall–Kier alpha value is -1.92. The number of aliphatic hydroxyl groups excluding tert-OH is 2. The molecule has 64 heavy (non-hydrogen) atoms. The number of carbonyl (C=O) groups excluding carboxylic acids is 2. The minimum atomic E-state index is -0.797. The molecule has 0 aromatic carbocycles. The number of rotatable bonds is 51. The quantitative estimate of drug-likeness (QED) is 0.0321. The van der Waals surface area contributed by atoms with Crippen molar-refractivity contribution in [2.45, 2.75) is 315 Å². The molecule has 6 heteroatoms. The average Bonchev–Trinajstić information content (AvgIpc) is 3.29. The van der Waals surface area contributed by atoms with Gasteiger partial charge < -0.3 is 20.3 Å². The fourth-order valence-electron chi connectivity index (χ4n) is 8.66. The fraction of sp³-hybridized carbons (Fsp3) is 0.862. The van der Waals surface area contributed by atoms with Gasteiger partial charge in [0, 0.05) is 6.42 Å². The summed E-state index contributed by atoms with van der Waals surface area (Å²) in [6, 6.07) is -0.713. The van der Waals surface area contributed by atoms with Crippen LogP contribution in [0.25, 0.3) is 0 Å². The number of unbranched alkanes of at least 4 members (excludes halogenated alkanes) is 33. The maximum atomic E-state index is 13.2. The summed E-state index contributed by atoms with van der Waals surface area (Å²) in [7, 11) is 0. The average molecular weight is 901 g/mol. The molecule has 1 amide bonds. The van der Waals surface area contributed by atoms with Crippen molar-refractivity contribution in [3.63, 3.8) is 0 Å². The minimum Gasteiger partial charge on any atom is -0.462 e. The third-order valence-corrected chi connectivity index (χ3v) is 13.0. The molecule has 3 N–H and O–H groups in total. The first-order valence-electron chi connectivity index (χ1n) is 28.2. The van der Waals surface area contributed by atoms with E-state index < -0.39 is 18.2 Å². The van der Waals surface area contributed by atoms with E-state index in [2.05, 4.69) is 62.5 Å². The Morgan fingerprint density at radius 1 is 0.453 bits per heavy atom. The van der Waals surface area contributed by atoms with Gasteiger partial charge in [0.1, 0.15) is 6.10 Å². The Morgan fingerprint density at radius 3 is 1.20 bits per heavy atom. The second kappa shape index (κ2) is 52.1. The molecule has 3 unspecified atom stereocenters. The van der Waals surface area contributed by atoms with E-state index in [1.165, 1.54) is 186 Å². The molecule has 0 aromatic heterocycles. The highest BCUT2D eigenvalue weighted by atomic mass is 16.5. The van der Waals surface area contributed by atoms with Crippen LogP contribution in [0, 0.1) is 0 Å². The van der Waals surface area contributed by atoms with Crippen molar-refractivity contribution in [2.24, 2.45) is 0 Å². The van der Waals surface area contributed by atoms with Crippen molar-refractivity contribution >= 4 is 11.9 Å². The fourth-order valence-corrected chi connectivity index (χ4v) is 8.66. The van der Waals surface area contributed by atoms with Gasteiger partial charge in [-0.15, -0.1) is 0 Å². The molecule has 0 radical (unpaired) electrons. The maximum Gasteiger partial charge on any atom is 0.306 e. The first-order chi connectivity index (χ1) is 31.5. The molecule has 0 fully saturated rings. The van der Waals surface area contributed by atoms with Gasteiger partial charge in [-0.05, 0) is 70.6 Å². The lowest BCUT2D eigenvalue weighted by Gasteiger charge is -2.24. The number of hydrogen-bond acceptors (Lipinski definition) is 5. The number of carbonyl (C=O) groups is 2. The molecule has 0 spiro atoms. The van der Waals surface area contributed by atoms with Crippen LogP contribution in [0.15, 0.2) is 36.5 Å². The molecule has 0 aliphatic heterocycles. The maximum absolute atomic E-state index is 13.2. The predicted molar refractivity (Wildman–Crippen MR) is 278 cm³/mol.